The highest BCUT2D eigenvalue weighted by Crippen LogP contribution is 2.28. The second kappa shape index (κ2) is 5.79. The van der Waals surface area contributed by atoms with Gasteiger partial charge in [-0.25, -0.2) is 8.78 Å². The van der Waals surface area contributed by atoms with Crippen LogP contribution in [-0.2, 0) is 5.75 Å². The van der Waals surface area contributed by atoms with Gasteiger partial charge in [0.2, 0.25) is 0 Å². The molecule has 2 aromatic heterocycles. The lowest BCUT2D eigenvalue weighted by Gasteiger charge is -2.03. The Bertz CT molecular complexity index is 823. The molecule has 0 aliphatic carbocycles. The van der Waals surface area contributed by atoms with Crippen molar-refractivity contribution in [1.29, 1.82) is 0 Å². The largest absolute Gasteiger partial charge is 0.275 e. The maximum atomic E-state index is 13.6. The number of thioether (sulfide) groups is 1. The molecule has 0 N–H and O–H groups in total. The first kappa shape index (κ1) is 14.6. The Morgan fingerprint density at radius 1 is 1.19 bits per heavy atom. The average molecular weight is 346 g/mol. The Labute approximate surface area is 132 Å². The molecule has 8 heteroatoms. The molecule has 21 heavy (non-hydrogen) atoms. The van der Waals surface area contributed by atoms with Crippen LogP contribution in [-0.4, -0.2) is 14.6 Å². The standard InChI is InChI=1S/C13H7Cl2F2N3S/c14-8-4-9(15)12-18-19-13(20(12)5-8)21-6-7-2-1-3-10(16)11(7)17/h1-5H,6H2. The summed E-state index contributed by atoms with van der Waals surface area (Å²) >= 11 is 13.2. The number of fused-ring (bicyclic) bond motifs is 1. The van der Waals surface area contributed by atoms with Crippen molar-refractivity contribution in [3.8, 4) is 0 Å². The van der Waals surface area contributed by atoms with Gasteiger partial charge >= 0.3 is 0 Å². The normalized spacial score (nSPS) is 11.2. The Morgan fingerprint density at radius 2 is 2.00 bits per heavy atom. The number of hydrogen-bond donors (Lipinski definition) is 0. The van der Waals surface area contributed by atoms with Gasteiger partial charge in [-0.1, -0.05) is 47.1 Å². The second-order valence-corrected chi connectivity index (χ2v) is 5.97. The van der Waals surface area contributed by atoms with Gasteiger partial charge < -0.3 is 0 Å². The number of benzene rings is 1. The van der Waals surface area contributed by atoms with Crippen LogP contribution in [0.2, 0.25) is 10.0 Å². The molecule has 0 spiro atoms. The van der Waals surface area contributed by atoms with Gasteiger partial charge in [0.05, 0.1) is 10.0 Å². The van der Waals surface area contributed by atoms with E-state index in [4.69, 9.17) is 23.2 Å². The molecule has 0 fully saturated rings. The van der Waals surface area contributed by atoms with Gasteiger partial charge in [-0.15, -0.1) is 10.2 Å². The molecular weight excluding hydrogens is 339 g/mol. The van der Waals surface area contributed by atoms with Crippen LogP contribution in [0.3, 0.4) is 0 Å². The summed E-state index contributed by atoms with van der Waals surface area (Å²) in [6, 6.07) is 5.63. The molecule has 3 rings (SSSR count). The number of pyridine rings is 1. The average Bonchev–Trinajstić information content (AvgIpc) is 2.84. The van der Waals surface area contributed by atoms with Crippen LogP contribution in [0.1, 0.15) is 5.56 Å². The third-order valence-corrected chi connectivity index (χ3v) is 4.26. The van der Waals surface area contributed by atoms with Gasteiger partial charge in [-0.3, -0.25) is 4.40 Å². The lowest BCUT2D eigenvalue weighted by atomic mass is 10.2. The van der Waals surface area contributed by atoms with E-state index in [9.17, 15) is 8.78 Å². The third-order valence-electron chi connectivity index (χ3n) is 2.78. The number of nitrogens with zero attached hydrogens (tertiary/aromatic N) is 3. The van der Waals surface area contributed by atoms with Crippen LogP contribution in [0.4, 0.5) is 8.78 Å². The summed E-state index contributed by atoms with van der Waals surface area (Å²) in [6.45, 7) is 0. The van der Waals surface area contributed by atoms with E-state index in [1.54, 1.807) is 16.7 Å². The van der Waals surface area contributed by atoms with Gasteiger partial charge in [0, 0.05) is 17.5 Å². The van der Waals surface area contributed by atoms with E-state index in [1.165, 1.54) is 23.9 Å². The fourth-order valence-corrected chi connectivity index (χ4v) is 3.20. The van der Waals surface area contributed by atoms with Crippen molar-refractivity contribution < 1.29 is 8.78 Å². The molecule has 3 nitrogen and oxygen atoms in total. The monoisotopic (exact) mass is 345 g/mol. The Hall–Kier alpha value is -1.37. The summed E-state index contributed by atoms with van der Waals surface area (Å²) in [4.78, 5) is 0. The van der Waals surface area contributed by atoms with Crippen molar-refractivity contribution in [2.45, 2.75) is 10.9 Å². The molecule has 2 heterocycles. The summed E-state index contributed by atoms with van der Waals surface area (Å²) < 4.78 is 28.4. The molecule has 0 atom stereocenters. The van der Waals surface area contributed by atoms with Gasteiger partial charge in [-0.05, 0) is 12.1 Å². The van der Waals surface area contributed by atoms with Gasteiger partial charge in [0.1, 0.15) is 0 Å². The predicted molar refractivity (Wildman–Crippen MR) is 78.9 cm³/mol. The molecule has 0 amide bonds. The molecule has 0 aliphatic heterocycles. The zero-order chi connectivity index (χ0) is 15.0. The first-order valence-electron chi connectivity index (χ1n) is 5.81. The quantitative estimate of drug-likeness (QED) is 0.649. The summed E-state index contributed by atoms with van der Waals surface area (Å²) in [7, 11) is 0. The van der Waals surface area contributed by atoms with Gasteiger partial charge in [0.15, 0.2) is 22.4 Å². The first-order valence-corrected chi connectivity index (χ1v) is 7.56. The summed E-state index contributed by atoms with van der Waals surface area (Å²) in [5, 5.41) is 9.23. The molecule has 3 aromatic rings. The molecule has 0 saturated heterocycles. The predicted octanol–water partition coefficient (Wildman–Crippen LogP) is 4.61. The Balaban J connectivity index is 1.91. The first-order chi connectivity index (χ1) is 10.1. The minimum absolute atomic E-state index is 0.217. The zero-order valence-electron chi connectivity index (χ0n) is 10.4. The molecule has 1 aromatic carbocycles. The molecule has 0 unspecified atom stereocenters. The highest BCUT2D eigenvalue weighted by Gasteiger charge is 2.13. The molecule has 108 valence electrons. The number of rotatable bonds is 3. The van der Waals surface area contributed by atoms with Crippen molar-refractivity contribution in [2.24, 2.45) is 0 Å². The molecular formula is C13H7Cl2F2N3S. The maximum Gasteiger partial charge on any atom is 0.196 e. The molecule has 0 aliphatic rings. The van der Waals surface area contributed by atoms with Crippen molar-refractivity contribution >= 4 is 40.6 Å². The van der Waals surface area contributed by atoms with Gasteiger partial charge in [-0.2, -0.15) is 0 Å². The van der Waals surface area contributed by atoms with Crippen LogP contribution in [0.5, 0.6) is 0 Å². The summed E-state index contributed by atoms with van der Waals surface area (Å²) in [5.41, 5.74) is 0.716. The minimum Gasteiger partial charge on any atom is -0.275 e. The second-order valence-electron chi connectivity index (χ2n) is 4.18. The van der Waals surface area contributed by atoms with E-state index < -0.39 is 11.6 Å². The van der Waals surface area contributed by atoms with Crippen molar-refractivity contribution in [2.75, 3.05) is 0 Å². The molecule has 0 radical (unpaired) electrons. The molecule has 0 saturated carbocycles. The number of aromatic nitrogens is 3. The van der Waals surface area contributed by atoms with Gasteiger partial charge in [0.25, 0.3) is 0 Å². The van der Waals surface area contributed by atoms with Crippen LogP contribution in [0.15, 0.2) is 35.6 Å². The topological polar surface area (TPSA) is 30.2 Å². The van der Waals surface area contributed by atoms with Crippen molar-refractivity contribution in [3.63, 3.8) is 0 Å². The van der Waals surface area contributed by atoms with E-state index in [0.29, 0.717) is 20.8 Å². The fraction of sp³-hybridized carbons (Fsp3) is 0.0769. The number of halogens is 4. The SMILES string of the molecule is Fc1cccc(CSc2nnc3c(Cl)cc(Cl)cn23)c1F. The summed E-state index contributed by atoms with van der Waals surface area (Å²) in [6.07, 6.45) is 1.62. The fourth-order valence-electron chi connectivity index (χ4n) is 1.80. The lowest BCUT2D eigenvalue weighted by molar-refractivity contribution is 0.502. The zero-order valence-corrected chi connectivity index (χ0v) is 12.7. The minimum atomic E-state index is -0.870. The van der Waals surface area contributed by atoms with E-state index >= 15 is 0 Å². The van der Waals surface area contributed by atoms with E-state index in [0.717, 1.165) is 6.07 Å². The van der Waals surface area contributed by atoms with Crippen LogP contribution < -0.4 is 0 Å². The van der Waals surface area contributed by atoms with Crippen molar-refractivity contribution in [1.82, 2.24) is 14.6 Å². The van der Waals surface area contributed by atoms with E-state index in [1.807, 2.05) is 0 Å². The maximum absolute atomic E-state index is 13.6. The van der Waals surface area contributed by atoms with Crippen LogP contribution in [0, 0.1) is 11.6 Å². The molecule has 0 bridgehead atoms. The Kier molecular flexibility index (Phi) is 4.01. The third kappa shape index (κ3) is 2.84. The van der Waals surface area contributed by atoms with Crippen LogP contribution in [0.25, 0.3) is 5.65 Å². The van der Waals surface area contributed by atoms with E-state index in [2.05, 4.69) is 10.2 Å². The smallest absolute Gasteiger partial charge is 0.196 e. The van der Waals surface area contributed by atoms with Crippen molar-refractivity contribution in [3.05, 3.63) is 57.7 Å². The van der Waals surface area contributed by atoms with E-state index in [-0.39, 0.29) is 11.3 Å². The van der Waals surface area contributed by atoms with Crippen LogP contribution >= 0.6 is 35.0 Å². The lowest BCUT2D eigenvalue weighted by Crippen LogP contribution is -1.93. The number of hydrogen-bond acceptors (Lipinski definition) is 3. The highest BCUT2D eigenvalue weighted by molar-refractivity contribution is 7.98. The highest BCUT2D eigenvalue weighted by atomic mass is 35.5. The summed E-state index contributed by atoms with van der Waals surface area (Å²) in [5.74, 6) is -1.51. The Morgan fingerprint density at radius 3 is 2.81 bits per heavy atom.